The van der Waals surface area contributed by atoms with Gasteiger partial charge in [-0.15, -0.1) is 0 Å². The molecule has 20 heavy (non-hydrogen) atoms. The lowest BCUT2D eigenvalue weighted by molar-refractivity contribution is -0.137. The summed E-state index contributed by atoms with van der Waals surface area (Å²) < 4.78 is 5.44. The Balaban J connectivity index is 1.70. The van der Waals surface area contributed by atoms with E-state index >= 15 is 0 Å². The molecule has 0 spiro atoms. The van der Waals surface area contributed by atoms with Gasteiger partial charge in [0, 0.05) is 26.1 Å². The number of carbonyl (C=O) groups excluding carboxylic acids is 1. The molecule has 2 unspecified atom stereocenters. The van der Waals surface area contributed by atoms with Crippen molar-refractivity contribution in [3.8, 4) is 0 Å². The van der Waals surface area contributed by atoms with Gasteiger partial charge in [-0.25, -0.2) is 4.79 Å². The summed E-state index contributed by atoms with van der Waals surface area (Å²) in [5.41, 5.74) is 0. The molecule has 2 rings (SSSR count). The van der Waals surface area contributed by atoms with Crippen LogP contribution in [0.5, 0.6) is 0 Å². The number of carboxylic acid groups (broad SMARTS) is 1. The van der Waals surface area contributed by atoms with Crippen LogP contribution in [-0.4, -0.2) is 53.8 Å². The molecule has 2 atom stereocenters. The minimum Gasteiger partial charge on any atom is -0.481 e. The van der Waals surface area contributed by atoms with Crippen LogP contribution in [0.4, 0.5) is 4.79 Å². The first-order valence-corrected chi connectivity index (χ1v) is 7.45. The van der Waals surface area contributed by atoms with Crippen LogP contribution in [0.25, 0.3) is 0 Å². The molecule has 2 heterocycles. The van der Waals surface area contributed by atoms with Gasteiger partial charge in [0.25, 0.3) is 0 Å². The van der Waals surface area contributed by atoms with Gasteiger partial charge in [0.05, 0.1) is 12.1 Å². The van der Waals surface area contributed by atoms with Gasteiger partial charge in [0.2, 0.25) is 0 Å². The van der Waals surface area contributed by atoms with Crippen LogP contribution in [0.15, 0.2) is 0 Å². The number of amides is 2. The Labute approximate surface area is 119 Å². The summed E-state index contributed by atoms with van der Waals surface area (Å²) in [6, 6.07) is 0.108. The minimum absolute atomic E-state index is 0.0102. The normalized spacial score (nSPS) is 27.6. The lowest BCUT2D eigenvalue weighted by atomic mass is 9.92. The number of carbonyl (C=O) groups is 2. The second-order valence-electron chi connectivity index (χ2n) is 5.78. The van der Waals surface area contributed by atoms with E-state index in [1.54, 1.807) is 0 Å². The van der Waals surface area contributed by atoms with Crippen molar-refractivity contribution in [1.82, 2.24) is 10.2 Å². The van der Waals surface area contributed by atoms with E-state index in [0.717, 1.165) is 38.8 Å². The first-order chi connectivity index (χ1) is 9.56. The largest absolute Gasteiger partial charge is 0.481 e. The average molecular weight is 284 g/mol. The third-order valence-electron chi connectivity index (χ3n) is 4.35. The second kappa shape index (κ2) is 6.92. The lowest BCUT2D eigenvalue weighted by Gasteiger charge is -2.33. The van der Waals surface area contributed by atoms with E-state index in [0.29, 0.717) is 12.5 Å². The van der Waals surface area contributed by atoms with E-state index in [9.17, 15) is 9.59 Å². The van der Waals surface area contributed by atoms with Gasteiger partial charge in [-0.1, -0.05) is 0 Å². The summed E-state index contributed by atoms with van der Waals surface area (Å²) in [6.45, 7) is 4.13. The number of hydrogen-bond donors (Lipinski definition) is 2. The summed E-state index contributed by atoms with van der Waals surface area (Å²) in [6.07, 6.45) is 3.72. The van der Waals surface area contributed by atoms with E-state index in [4.69, 9.17) is 9.84 Å². The maximum atomic E-state index is 12.1. The zero-order valence-corrected chi connectivity index (χ0v) is 12.0. The number of aliphatic carboxylic acids is 1. The Hall–Kier alpha value is -1.30. The molecule has 2 aliphatic heterocycles. The predicted molar refractivity (Wildman–Crippen MR) is 73.5 cm³/mol. The summed E-state index contributed by atoms with van der Waals surface area (Å²) in [7, 11) is 0. The molecule has 6 nitrogen and oxygen atoms in total. The molecule has 2 N–H and O–H groups in total. The zero-order valence-electron chi connectivity index (χ0n) is 12.0. The summed E-state index contributed by atoms with van der Waals surface area (Å²) in [5, 5.41) is 11.7. The van der Waals surface area contributed by atoms with Crippen LogP contribution in [0, 0.1) is 5.92 Å². The van der Waals surface area contributed by atoms with Crippen molar-refractivity contribution in [3.05, 3.63) is 0 Å². The summed E-state index contributed by atoms with van der Waals surface area (Å²) in [4.78, 5) is 24.5. The fourth-order valence-electron chi connectivity index (χ4n) is 2.92. The topological polar surface area (TPSA) is 78.9 Å². The van der Waals surface area contributed by atoms with E-state index in [1.165, 1.54) is 0 Å². The quantitative estimate of drug-likeness (QED) is 0.819. The Morgan fingerprint density at radius 2 is 2.00 bits per heavy atom. The third kappa shape index (κ3) is 4.10. The molecular weight excluding hydrogens is 260 g/mol. The molecule has 0 bridgehead atoms. The van der Waals surface area contributed by atoms with Crippen LogP contribution in [0.2, 0.25) is 0 Å². The fourth-order valence-corrected chi connectivity index (χ4v) is 2.92. The number of carboxylic acids is 1. The van der Waals surface area contributed by atoms with Gasteiger partial charge < -0.3 is 20.1 Å². The number of urea groups is 1. The van der Waals surface area contributed by atoms with Gasteiger partial charge >= 0.3 is 12.0 Å². The highest BCUT2D eigenvalue weighted by molar-refractivity contribution is 5.74. The van der Waals surface area contributed by atoms with E-state index in [-0.39, 0.29) is 24.6 Å². The highest BCUT2D eigenvalue weighted by Gasteiger charge is 2.29. The van der Waals surface area contributed by atoms with Gasteiger partial charge in [0.1, 0.15) is 0 Å². The molecule has 0 saturated carbocycles. The molecular formula is C14H24N2O4. The van der Waals surface area contributed by atoms with Crippen LogP contribution >= 0.6 is 0 Å². The molecule has 6 heteroatoms. The monoisotopic (exact) mass is 284 g/mol. The summed E-state index contributed by atoms with van der Waals surface area (Å²) >= 11 is 0. The first kappa shape index (κ1) is 15.1. The van der Waals surface area contributed by atoms with E-state index in [1.807, 2.05) is 11.8 Å². The molecule has 2 amide bonds. The van der Waals surface area contributed by atoms with Crippen molar-refractivity contribution >= 4 is 12.0 Å². The molecule has 114 valence electrons. The fraction of sp³-hybridized carbons (Fsp3) is 0.857. The number of likely N-dealkylation sites (tertiary alicyclic amines) is 1. The number of hydrogen-bond acceptors (Lipinski definition) is 3. The van der Waals surface area contributed by atoms with Crippen LogP contribution in [0.1, 0.15) is 39.0 Å². The number of nitrogens with zero attached hydrogens (tertiary/aromatic N) is 1. The highest BCUT2D eigenvalue weighted by atomic mass is 16.5. The Morgan fingerprint density at radius 1 is 1.30 bits per heavy atom. The van der Waals surface area contributed by atoms with Crippen molar-refractivity contribution in [2.24, 2.45) is 5.92 Å². The van der Waals surface area contributed by atoms with Gasteiger partial charge in [-0.05, 0) is 38.5 Å². The van der Waals surface area contributed by atoms with Crippen molar-refractivity contribution in [1.29, 1.82) is 0 Å². The Kier molecular flexibility index (Phi) is 5.23. The average Bonchev–Trinajstić information content (AvgIpc) is 2.82. The maximum Gasteiger partial charge on any atom is 0.317 e. The van der Waals surface area contributed by atoms with Crippen LogP contribution in [0.3, 0.4) is 0 Å². The predicted octanol–water partition coefficient (Wildman–Crippen LogP) is 1.45. The molecule has 2 saturated heterocycles. The molecule has 2 aliphatic rings. The van der Waals surface area contributed by atoms with Crippen molar-refractivity contribution in [2.45, 2.75) is 51.2 Å². The number of nitrogens with one attached hydrogen (secondary N) is 1. The highest BCUT2D eigenvalue weighted by Crippen LogP contribution is 2.22. The Morgan fingerprint density at radius 3 is 2.55 bits per heavy atom. The third-order valence-corrected chi connectivity index (χ3v) is 4.35. The van der Waals surface area contributed by atoms with Gasteiger partial charge in [-0.2, -0.15) is 0 Å². The smallest absolute Gasteiger partial charge is 0.317 e. The molecule has 0 aromatic carbocycles. The van der Waals surface area contributed by atoms with Crippen LogP contribution < -0.4 is 5.32 Å². The zero-order chi connectivity index (χ0) is 14.5. The lowest BCUT2D eigenvalue weighted by Crippen LogP contribution is -2.49. The molecule has 2 fully saturated rings. The van der Waals surface area contributed by atoms with E-state index < -0.39 is 5.97 Å². The number of ether oxygens (including phenoxy) is 1. The molecule has 0 aromatic rings. The van der Waals surface area contributed by atoms with Crippen molar-refractivity contribution < 1.29 is 19.4 Å². The Bertz CT molecular complexity index is 353. The number of rotatable bonds is 4. The van der Waals surface area contributed by atoms with Crippen molar-refractivity contribution in [3.63, 3.8) is 0 Å². The van der Waals surface area contributed by atoms with Gasteiger partial charge in [0.15, 0.2) is 0 Å². The van der Waals surface area contributed by atoms with Gasteiger partial charge in [-0.3, -0.25) is 4.79 Å². The molecule has 0 radical (unpaired) electrons. The maximum absolute atomic E-state index is 12.1. The minimum atomic E-state index is -0.736. The first-order valence-electron chi connectivity index (χ1n) is 7.45. The summed E-state index contributed by atoms with van der Waals surface area (Å²) in [5.74, 6) is -0.302. The standard InChI is InChI=1S/C14H24N2O4/c1-10-12(6-9-20-10)15-14(19)16-7-4-11(5-8-16)2-3-13(17)18/h10-12H,2-9H2,1H3,(H,15,19)(H,17,18). The number of piperidine rings is 1. The SMILES string of the molecule is CC1OCCC1NC(=O)N1CCC(CCC(=O)O)CC1. The molecule has 0 aromatic heterocycles. The molecule has 0 aliphatic carbocycles. The van der Waals surface area contributed by atoms with Crippen molar-refractivity contribution in [2.75, 3.05) is 19.7 Å². The van der Waals surface area contributed by atoms with E-state index in [2.05, 4.69) is 5.32 Å². The van der Waals surface area contributed by atoms with Crippen LogP contribution in [-0.2, 0) is 9.53 Å². The second-order valence-corrected chi connectivity index (χ2v) is 5.78.